The summed E-state index contributed by atoms with van der Waals surface area (Å²) in [6, 6.07) is 0. The van der Waals surface area contributed by atoms with Crippen molar-refractivity contribution in [3.8, 4) is 0 Å². The van der Waals surface area contributed by atoms with Gasteiger partial charge in [0, 0.05) is 19.2 Å². The molecule has 0 amide bonds. The van der Waals surface area contributed by atoms with E-state index in [1.165, 1.54) is 12.4 Å². The van der Waals surface area contributed by atoms with E-state index in [9.17, 15) is 10.2 Å². The molecule has 0 saturated carbocycles. The lowest BCUT2D eigenvalue weighted by Crippen LogP contribution is -2.61. The molecular formula is C8H13N3O3. The molecule has 78 valence electrons. The lowest BCUT2D eigenvalue weighted by Gasteiger charge is -2.40. The van der Waals surface area contributed by atoms with Crippen LogP contribution in [0, 0.1) is 0 Å². The Morgan fingerprint density at radius 2 is 2.21 bits per heavy atom. The zero-order valence-electron chi connectivity index (χ0n) is 7.68. The van der Waals surface area contributed by atoms with Crippen LogP contribution in [0.5, 0.6) is 0 Å². The number of nitrogens with one attached hydrogen (secondary N) is 1. The average Bonchev–Trinajstić information content (AvgIpc) is 2.19. The van der Waals surface area contributed by atoms with E-state index in [4.69, 9.17) is 4.74 Å². The number of rotatable bonds is 1. The number of hydrogen-bond acceptors (Lipinski definition) is 6. The molecule has 0 aliphatic carbocycles. The third-order valence-electron chi connectivity index (χ3n) is 2.30. The minimum absolute atomic E-state index is 0.183. The summed E-state index contributed by atoms with van der Waals surface area (Å²) in [4.78, 5) is 5.36. The van der Waals surface area contributed by atoms with Gasteiger partial charge in [-0.2, -0.15) is 0 Å². The van der Waals surface area contributed by atoms with Crippen LogP contribution in [0.4, 0.5) is 0 Å². The molecule has 0 radical (unpaired) electrons. The number of aliphatic hydroxyl groups is 2. The molecule has 0 spiro atoms. The Morgan fingerprint density at radius 3 is 2.86 bits per heavy atom. The highest BCUT2D eigenvalue weighted by Gasteiger charge is 2.34. The summed E-state index contributed by atoms with van der Waals surface area (Å²) in [6.07, 6.45) is 2.56. The van der Waals surface area contributed by atoms with Crippen LogP contribution in [0.1, 0.15) is 0 Å². The fourth-order valence-electron chi connectivity index (χ4n) is 1.54. The quantitative estimate of drug-likeness (QED) is 0.504. The highest BCUT2D eigenvalue weighted by molar-refractivity contribution is 5.59. The van der Waals surface area contributed by atoms with Crippen molar-refractivity contribution in [2.24, 2.45) is 4.99 Å². The zero-order chi connectivity index (χ0) is 10.0. The lowest BCUT2D eigenvalue weighted by atomic mass is 10.2. The molecule has 1 atom stereocenters. The SMILES string of the molecule is OC1=CC(O)(N2CCOCC2)NC=N1. The minimum atomic E-state index is -1.34. The standard InChI is InChI=1S/C8H13N3O3/c12-7-5-8(13,10-6-9-7)11-1-3-14-4-2-11/h5-6,12-13H,1-4H2,(H,9,10). The number of nitrogens with zero attached hydrogens (tertiary/aromatic N) is 2. The third kappa shape index (κ3) is 1.72. The van der Waals surface area contributed by atoms with Crippen molar-refractivity contribution in [1.29, 1.82) is 0 Å². The van der Waals surface area contributed by atoms with Crippen molar-refractivity contribution in [2.45, 2.75) is 5.85 Å². The third-order valence-corrected chi connectivity index (χ3v) is 2.30. The molecule has 0 bridgehead atoms. The molecular weight excluding hydrogens is 186 g/mol. The van der Waals surface area contributed by atoms with E-state index in [-0.39, 0.29) is 5.88 Å². The van der Waals surface area contributed by atoms with Crippen LogP contribution >= 0.6 is 0 Å². The number of ether oxygens (including phenoxy) is 1. The molecule has 0 aromatic carbocycles. The van der Waals surface area contributed by atoms with E-state index in [1.807, 2.05) is 0 Å². The molecule has 1 saturated heterocycles. The number of hydrogen-bond donors (Lipinski definition) is 3. The summed E-state index contributed by atoms with van der Waals surface area (Å²) in [5.41, 5.74) is 0. The van der Waals surface area contributed by atoms with E-state index in [2.05, 4.69) is 10.3 Å². The Labute approximate surface area is 81.5 Å². The molecule has 1 unspecified atom stereocenters. The molecule has 3 N–H and O–H groups in total. The first-order valence-electron chi connectivity index (χ1n) is 4.48. The second-order valence-corrected chi connectivity index (χ2v) is 3.23. The number of morpholine rings is 1. The predicted octanol–water partition coefficient (Wildman–Crippen LogP) is -1.00. The van der Waals surface area contributed by atoms with E-state index in [0.717, 1.165) is 0 Å². The van der Waals surface area contributed by atoms with Crippen molar-refractivity contribution in [3.63, 3.8) is 0 Å². The van der Waals surface area contributed by atoms with Crippen LogP contribution in [0.25, 0.3) is 0 Å². The Morgan fingerprint density at radius 1 is 1.50 bits per heavy atom. The fourth-order valence-corrected chi connectivity index (χ4v) is 1.54. The molecule has 2 rings (SSSR count). The topological polar surface area (TPSA) is 77.3 Å². The van der Waals surface area contributed by atoms with Crippen molar-refractivity contribution in [1.82, 2.24) is 10.2 Å². The van der Waals surface area contributed by atoms with Gasteiger partial charge in [0.2, 0.25) is 11.7 Å². The molecule has 6 nitrogen and oxygen atoms in total. The predicted molar refractivity (Wildman–Crippen MR) is 49.7 cm³/mol. The van der Waals surface area contributed by atoms with Crippen LogP contribution < -0.4 is 5.32 Å². The van der Waals surface area contributed by atoms with Gasteiger partial charge in [-0.05, 0) is 0 Å². The van der Waals surface area contributed by atoms with Crippen LogP contribution in [-0.2, 0) is 4.74 Å². The van der Waals surface area contributed by atoms with Crippen LogP contribution in [0.3, 0.4) is 0 Å². The van der Waals surface area contributed by atoms with Crippen molar-refractivity contribution in [3.05, 3.63) is 12.0 Å². The number of aliphatic imine (C=N–C) groups is 1. The maximum absolute atomic E-state index is 10.1. The maximum atomic E-state index is 10.1. The van der Waals surface area contributed by atoms with Gasteiger partial charge in [-0.3, -0.25) is 4.90 Å². The largest absolute Gasteiger partial charge is 0.493 e. The maximum Gasteiger partial charge on any atom is 0.222 e. The van der Waals surface area contributed by atoms with Crippen LogP contribution in [0.2, 0.25) is 0 Å². The highest BCUT2D eigenvalue weighted by atomic mass is 16.5. The van der Waals surface area contributed by atoms with Gasteiger partial charge in [-0.25, -0.2) is 4.99 Å². The van der Waals surface area contributed by atoms with E-state index >= 15 is 0 Å². The summed E-state index contributed by atoms with van der Waals surface area (Å²) in [7, 11) is 0. The Balaban J connectivity index is 2.11. The first kappa shape index (κ1) is 9.45. The van der Waals surface area contributed by atoms with Gasteiger partial charge in [-0.1, -0.05) is 0 Å². The molecule has 2 heterocycles. The molecule has 0 aromatic heterocycles. The summed E-state index contributed by atoms with van der Waals surface area (Å²) in [5.74, 6) is -1.52. The molecule has 14 heavy (non-hydrogen) atoms. The van der Waals surface area contributed by atoms with Crippen molar-refractivity contribution < 1.29 is 14.9 Å². The first-order chi connectivity index (χ1) is 6.71. The van der Waals surface area contributed by atoms with E-state index in [0.29, 0.717) is 26.3 Å². The number of aliphatic hydroxyl groups excluding tert-OH is 1. The molecule has 6 heteroatoms. The van der Waals surface area contributed by atoms with Gasteiger partial charge in [-0.15, -0.1) is 0 Å². The fraction of sp³-hybridized carbons (Fsp3) is 0.625. The van der Waals surface area contributed by atoms with Crippen molar-refractivity contribution >= 4 is 6.34 Å². The summed E-state index contributed by atoms with van der Waals surface area (Å²) < 4.78 is 5.16. The molecule has 0 aromatic rings. The Kier molecular flexibility index (Phi) is 2.40. The normalized spacial score (nSPS) is 33.6. The van der Waals surface area contributed by atoms with Crippen molar-refractivity contribution in [2.75, 3.05) is 26.3 Å². The summed E-state index contributed by atoms with van der Waals surface area (Å²) in [6.45, 7) is 2.38. The van der Waals surface area contributed by atoms with Crippen LogP contribution in [0.15, 0.2) is 17.0 Å². The average molecular weight is 199 g/mol. The zero-order valence-corrected chi connectivity index (χ0v) is 7.68. The second-order valence-electron chi connectivity index (χ2n) is 3.23. The molecule has 2 aliphatic heterocycles. The Hall–Kier alpha value is -1.11. The lowest BCUT2D eigenvalue weighted by molar-refractivity contribution is -0.120. The van der Waals surface area contributed by atoms with Gasteiger partial charge in [0.1, 0.15) is 0 Å². The van der Waals surface area contributed by atoms with E-state index in [1.54, 1.807) is 4.90 Å². The van der Waals surface area contributed by atoms with E-state index < -0.39 is 5.85 Å². The first-order valence-corrected chi connectivity index (χ1v) is 4.48. The molecule has 1 fully saturated rings. The minimum Gasteiger partial charge on any atom is -0.493 e. The van der Waals surface area contributed by atoms with Crippen LogP contribution in [-0.4, -0.2) is 53.6 Å². The van der Waals surface area contributed by atoms with Gasteiger partial charge in [0.25, 0.3) is 0 Å². The van der Waals surface area contributed by atoms with Gasteiger partial charge >= 0.3 is 0 Å². The summed E-state index contributed by atoms with van der Waals surface area (Å²) >= 11 is 0. The van der Waals surface area contributed by atoms with Gasteiger partial charge in [0.05, 0.1) is 19.6 Å². The van der Waals surface area contributed by atoms with Gasteiger partial charge < -0.3 is 20.3 Å². The smallest absolute Gasteiger partial charge is 0.222 e. The Bertz CT molecular complexity index is 273. The summed E-state index contributed by atoms with van der Waals surface area (Å²) in [5, 5.41) is 22.0. The second kappa shape index (κ2) is 3.56. The molecule has 2 aliphatic rings. The monoisotopic (exact) mass is 199 g/mol. The van der Waals surface area contributed by atoms with Gasteiger partial charge in [0.15, 0.2) is 0 Å². The highest BCUT2D eigenvalue weighted by Crippen LogP contribution is 2.16.